The standard InChI is InChI=1S/C17H15N5O3/c1-11-9-13(6-7-15(11)22(24)25)20-17(23)14-10-19-21(12(14)2)16-5-3-4-8-18-16/h3-10H,1-2H3,(H,20,23). The SMILES string of the molecule is Cc1cc(NC(=O)c2cnn(-c3ccccn3)c2C)ccc1[N+](=O)[O-]. The smallest absolute Gasteiger partial charge is 0.272 e. The molecule has 0 spiro atoms. The predicted octanol–water partition coefficient (Wildman–Crippen LogP) is 3.04. The number of aromatic nitrogens is 3. The summed E-state index contributed by atoms with van der Waals surface area (Å²) in [4.78, 5) is 27.1. The van der Waals surface area contributed by atoms with Crippen LogP contribution in [0.2, 0.25) is 0 Å². The van der Waals surface area contributed by atoms with Crippen LogP contribution in [-0.4, -0.2) is 25.6 Å². The number of nitrogens with one attached hydrogen (secondary N) is 1. The molecule has 8 heteroatoms. The average Bonchev–Trinajstić information content (AvgIpc) is 2.97. The van der Waals surface area contributed by atoms with Crippen LogP contribution in [0.25, 0.3) is 5.82 Å². The summed E-state index contributed by atoms with van der Waals surface area (Å²) in [6.07, 6.45) is 3.12. The third-order valence-corrected chi connectivity index (χ3v) is 3.77. The van der Waals surface area contributed by atoms with E-state index in [-0.39, 0.29) is 11.6 Å². The molecule has 0 unspecified atom stereocenters. The van der Waals surface area contributed by atoms with Crippen LogP contribution in [0.4, 0.5) is 11.4 Å². The number of carbonyl (C=O) groups excluding carboxylic acids is 1. The minimum atomic E-state index is -0.456. The first-order valence-electron chi connectivity index (χ1n) is 7.50. The van der Waals surface area contributed by atoms with Crippen LogP contribution in [0.5, 0.6) is 0 Å². The van der Waals surface area contributed by atoms with Crippen molar-refractivity contribution >= 4 is 17.3 Å². The fraction of sp³-hybridized carbons (Fsp3) is 0.118. The molecule has 1 aromatic carbocycles. The number of anilines is 1. The Labute approximate surface area is 143 Å². The molecule has 8 nitrogen and oxygen atoms in total. The van der Waals surface area contributed by atoms with Crippen LogP contribution in [0.3, 0.4) is 0 Å². The summed E-state index contributed by atoms with van der Waals surface area (Å²) in [6, 6.07) is 9.86. The fourth-order valence-electron chi connectivity index (χ4n) is 2.48. The maximum Gasteiger partial charge on any atom is 0.272 e. The number of hydrogen-bond acceptors (Lipinski definition) is 5. The lowest BCUT2D eigenvalue weighted by Crippen LogP contribution is -2.13. The Hall–Kier alpha value is -3.55. The second-order valence-corrected chi connectivity index (χ2v) is 5.46. The molecule has 0 aliphatic carbocycles. The van der Waals surface area contributed by atoms with Gasteiger partial charge in [-0.25, -0.2) is 9.67 Å². The molecular formula is C17H15N5O3. The first kappa shape index (κ1) is 16.3. The molecule has 0 bridgehead atoms. The largest absolute Gasteiger partial charge is 0.322 e. The zero-order valence-electron chi connectivity index (χ0n) is 13.6. The molecule has 0 aliphatic rings. The molecule has 1 amide bonds. The van der Waals surface area contributed by atoms with E-state index >= 15 is 0 Å². The van der Waals surface area contributed by atoms with Gasteiger partial charge in [-0.05, 0) is 38.1 Å². The number of amides is 1. The topological polar surface area (TPSA) is 103 Å². The minimum Gasteiger partial charge on any atom is -0.322 e. The molecule has 25 heavy (non-hydrogen) atoms. The van der Waals surface area contributed by atoms with Gasteiger partial charge in [-0.15, -0.1) is 0 Å². The van der Waals surface area contributed by atoms with E-state index in [1.54, 1.807) is 42.9 Å². The molecule has 2 aromatic heterocycles. The van der Waals surface area contributed by atoms with Crippen molar-refractivity contribution in [1.29, 1.82) is 0 Å². The Bertz CT molecular complexity index is 950. The van der Waals surface area contributed by atoms with E-state index in [2.05, 4.69) is 15.4 Å². The van der Waals surface area contributed by atoms with Crippen LogP contribution in [0.1, 0.15) is 21.6 Å². The van der Waals surface area contributed by atoms with Gasteiger partial charge < -0.3 is 5.32 Å². The maximum atomic E-state index is 12.5. The number of carbonyl (C=O) groups is 1. The first-order valence-corrected chi connectivity index (χ1v) is 7.50. The summed E-state index contributed by atoms with van der Waals surface area (Å²) in [5.74, 6) is 0.276. The summed E-state index contributed by atoms with van der Waals surface area (Å²) >= 11 is 0. The van der Waals surface area contributed by atoms with Gasteiger partial charge in [0.1, 0.15) is 0 Å². The van der Waals surface area contributed by atoms with Gasteiger partial charge in [0, 0.05) is 23.5 Å². The minimum absolute atomic E-state index is 0.0113. The Balaban J connectivity index is 1.84. The Kier molecular flexibility index (Phi) is 4.25. The molecule has 3 rings (SSSR count). The lowest BCUT2D eigenvalue weighted by molar-refractivity contribution is -0.385. The number of hydrogen-bond donors (Lipinski definition) is 1. The summed E-state index contributed by atoms with van der Waals surface area (Å²) in [6.45, 7) is 3.40. The quantitative estimate of drug-likeness (QED) is 0.582. The number of aryl methyl sites for hydroxylation is 1. The Morgan fingerprint density at radius 2 is 2.04 bits per heavy atom. The molecule has 1 N–H and O–H groups in total. The van der Waals surface area contributed by atoms with Crippen molar-refractivity contribution < 1.29 is 9.72 Å². The number of pyridine rings is 1. The van der Waals surface area contributed by atoms with E-state index in [1.807, 2.05) is 6.07 Å². The van der Waals surface area contributed by atoms with E-state index in [1.165, 1.54) is 18.3 Å². The normalized spacial score (nSPS) is 10.5. The van der Waals surface area contributed by atoms with Crippen molar-refractivity contribution in [3.8, 4) is 5.82 Å². The van der Waals surface area contributed by atoms with E-state index in [4.69, 9.17) is 0 Å². The van der Waals surface area contributed by atoms with Crippen LogP contribution >= 0.6 is 0 Å². The van der Waals surface area contributed by atoms with E-state index in [0.717, 1.165) is 0 Å². The summed E-state index contributed by atoms with van der Waals surface area (Å²) in [7, 11) is 0. The molecule has 3 aromatic rings. The molecule has 126 valence electrons. The van der Waals surface area contributed by atoms with Crippen LogP contribution < -0.4 is 5.32 Å². The highest BCUT2D eigenvalue weighted by Crippen LogP contribution is 2.22. The molecule has 2 heterocycles. The number of rotatable bonds is 4. The highest BCUT2D eigenvalue weighted by molar-refractivity contribution is 6.05. The molecule has 0 fully saturated rings. The van der Waals surface area contributed by atoms with Gasteiger partial charge in [-0.2, -0.15) is 5.10 Å². The van der Waals surface area contributed by atoms with Gasteiger partial charge in [-0.3, -0.25) is 14.9 Å². The summed E-state index contributed by atoms with van der Waals surface area (Å²) < 4.78 is 1.58. The van der Waals surface area contributed by atoms with Gasteiger partial charge in [0.25, 0.3) is 11.6 Å². The first-order chi connectivity index (χ1) is 12.0. The number of nitro groups is 1. The number of nitrogens with zero attached hydrogens (tertiary/aromatic N) is 4. The van der Waals surface area contributed by atoms with Crippen molar-refractivity contribution in [2.45, 2.75) is 13.8 Å². The number of benzene rings is 1. The van der Waals surface area contributed by atoms with Crippen molar-refractivity contribution in [3.05, 3.63) is 75.7 Å². The molecule has 0 radical (unpaired) electrons. The monoisotopic (exact) mass is 337 g/mol. The lowest BCUT2D eigenvalue weighted by atomic mass is 10.1. The average molecular weight is 337 g/mol. The second kappa shape index (κ2) is 6.52. The lowest BCUT2D eigenvalue weighted by Gasteiger charge is -2.07. The Morgan fingerprint density at radius 1 is 1.24 bits per heavy atom. The number of nitro benzene ring substituents is 1. The van der Waals surface area contributed by atoms with Crippen LogP contribution in [-0.2, 0) is 0 Å². The zero-order chi connectivity index (χ0) is 18.0. The van der Waals surface area contributed by atoms with Gasteiger partial charge in [0.15, 0.2) is 5.82 Å². The Morgan fingerprint density at radius 3 is 2.68 bits per heavy atom. The molecular weight excluding hydrogens is 322 g/mol. The summed E-state index contributed by atoms with van der Waals surface area (Å²) in [5.41, 5.74) is 2.02. The van der Waals surface area contributed by atoms with Crippen molar-refractivity contribution in [1.82, 2.24) is 14.8 Å². The highest BCUT2D eigenvalue weighted by atomic mass is 16.6. The third kappa shape index (κ3) is 3.23. The van der Waals surface area contributed by atoms with Crippen LogP contribution in [0, 0.1) is 24.0 Å². The molecule has 0 saturated heterocycles. The maximum absolute atomic E-state index is 12.5. The molecule has 0 atom stereocenters. The highest BCUT2D eigenvalue weighted by Gasteiger charge is 2.17. The zero-order valence-corrected chi connectivity index (χ0v) is 13.6. The van der Waals surface area contributed by atoms with Crippen molar-refractivity contribution in [3.63, 3.8) is 0 Å². The predicted molar refractivity (Wildman–Crippen MR) is 91.9 cm³/mol. The summed E-state index contributed by atoms with van der Waals surface area (Å²) in [5, 5.41) is 17.8. The van der Waals surface area contributed by atoms with E-state index < -0.39 is 4.92 Å². The van der Waals surface area contributed by atoms with E-state index in [9.17, 15) is 14.9 Å². The second-order valence-electron chi connectivity index (χ2n) is 5.46. The molecule has 0 aliphatic heterocycles. The van der Waals surface area contributed by atoms with Crippen LogP contribution in [0.15, 0.2) is 48.8 Å². The van der Waals surface area contributed by atoms with E-state index in [0.29, 0.717) is 28.3 Å². The molecule has 0 saturated carbocycles. The van der Waals surface area contributed by atoms with Gasteiger partial charge in [-0.1, -0.05) is 6.07 Å². The van der Waals surface area contributed by atoms with Gasteiger partial charge in [0.05, 0.1) is 22.4 Å². The van der Waals surface area contributed by atoms with Crippen molar-refractivity contribution in [2.24, 2.45) is 0 Å². The third-order valence-electron chi connectivity index (χ3n) is 3.77. The fourth-order valence-corrected chi connectivity index (χ4v) is 2.48. The van der Waals surface area contributed by atoms with Crippen molar-refractivity contribution in [2.75, 3.05) is 5.32 Å². The van der Waals surface area contributed by atoms with Gasteiger partial charge >= 0.3 is 0 Å². The van der Waals surface area contributed by atoms with Gasteiger partial charge in [0.2, 0.25) is 0 Å².